The van der Waals surface area contributed by atoms with Gasteiger partial charge in [0.2, 0.25) is 5.13 Å². The molecule has 0 bridgehead atoms. The van der Waals surface area contributed by atoms with Crippen molar-refractivity contribution < 1.29 is 9.53 Å². The topological polar surface area (TPSA) is 64.1 Å². The lowest BCUT2D eigenvalue weighted by atomic mass is 10.2. The van der Waals surface area contributed by atoms with Crippen LogP contribution >= 0.6 is 22.9 Å². The van der Waals surface area contributed by atoms with Crippen LogP contribution in [0.15, 0.2) is 42.5 Å². The number of ether oxygens (including phenoxy) is 1. The predicted octanol–water partition coefficient (Wildman–Crippen LogP) is 5.27. The average molecular weight is 402 g/mol. The van der Waals surface area contributed by atoms with Gasteiger partial charge in [0, 0.05) is 10.6 Å². The van der Waals surface area contributed by atoms with E-state index >= 15 is 0 Å². The van der Waals surface area contributed by atoms with Crippen molar-refractivity contribution in [3.8, 4) is 16.3 Å². The first-order valence-corrected chi connectivity index (χ1v) is 9.80. The molecule has 0 saturated carbocycles. The molecule has 3 aromatic rings. The van der Waals surface area contributed by atoms with E-state index in [0.717, 1.165) is 16.1 Å². The van der Waals surface area contributed by atoms with Gasteiger partial charge in [-0.15, -0.1) is 10.2 Å². The van der Waals surface area contributed by atoms with Gasteiger partial charge < -0.3 is 4.74 Å². The molecule has 2 aromatic carbocycles. The molecule has 0 aliphatic carbocycles. The van der Waals surface area contributed by atoms with E-state index in [9.17, 15) is 4.79 Å². The number of aromatic nitrogens is 2. The third kappa shape index (κ3) is 4.84. The van der Waals surface area contributed by atoms with Crippen LogP contribution in [0.25, 0.3) is 10.6 Å². The molecule has 5 nitrogen and oxygen atoms in total. The van der Waals surface area contributed by atoms with E-state index in [1.165, 1.54) is 16.9 Å². The summed E-state index contributed by atoms with van der Waals surface area (Å²) in [6.45, 7) is 5.82. The van der Waals surface area contributed by atoms with E-state index in [2.05, 4.69) is 15.5 Å². The van der Waals surface area contributed by atoms with Gasteiger partial charge in [0.15, 0.2) is 6.10 Å². The first-order chi connectivity index (χ1) is 13.0. The second kappa shape index (κ2) is 8.50. The summed E-state index contributed by atoms with van der Waals surface area (Å²) in [6, 6.07) is 13.3. The van der Waals surface area contributed by atoms with E-state index < -0.39 is 6.10 Å². The van der Waals surface area contributed by atoms with Gasteiger partial charge in [-0.1, -0.05) is 59.7 Å². The summed E-state index contributed by atoms with van der Waals surface area (Å²) in [5, 5.41) is 12.9. The van der Waals surface area contributed by atoms with Crippen LogP contribution in [0, 0.1) is 13.8 Å². The lowest BCUT2D eigenvalue weighted by Crippen LogP contribution is -2.32. The molecule has 27 heavy (non-hydrogen) atoms. The Bertz CT molecular complexity index is 941. The van der Waals surface area contributed by atoms with Gasteiger partial charge in [0.1, 0.15) is 10.8 Å². The average Bonchev–Trinajstić information content (AvgIpc) is 3.11. The number of aryl methyl sites for hydroxylation is 2. The van der Waals surface area contributed by atoms with Crippen LogP contribution in [-0.4, -0.2) is 22.2 Å². The lowest BCUT2D eigenvalue weighted by molar-refractivity contribution is -0.122. The van der Waals surface area contributed by atoms with Crippen LogP contribution < -0.4 is 10.1 Å². The van der Waals surface area contributed by atoms with Gasteiger partial charge >= 0.3 is 0 Å². The molecule has 0 aliphatic rings. The molecule has 0 saturated heterocycles. The van der Waals surface area contributed by atoms with Crippen LogP contribution in [0.3, 0.4) is 0 Å². The highest BCUT2D eigenvalue weighted by atomic mass is 35.5. The third-order valence-corrected chi connectivity index (χ3v) is 5.34. The normalized spacial score (nSPS) is 11.9. The van der Waals surface area contributed by atoms with Crippen molar-refractivity contribution in [1.82, 2.24) is 10.2 Å². The van der Waals surface area contributed by atoms with Crippen molar-refractivity contribution in [1.29, 1.82) is 0 Å². The Hall–Kier alpha value is -2.44. The molecule has 1 aromatic heterocycles. The Morgan fingerprint density at radius 3 is 2.59 bits per heavy atom. The van der Waals surface area contributed by atoms with Crippen molar-refractivity contribution in [2.75, 3.05) is 5.32 Å². The summed E-state index contributed by atoms with van der Waals surface area (Å²) in [4.78, 5) is 12.6. The summed E-state index contributed by atoms with van der Waals surface area (Å²) >= 11 is 7.37. The standard InChI is InChI=1S/C20H20ClN3O2S/c1-4-17(26-15-9-10-16(21)13(3)11-15)18(25)22-20-24-23-19(27-20)14-7-5-12(2)6-8-14/h5-11,17H,4H2,1-3H3,(H,22,24,25)/t17-/m0/s1. The van der Waals surface area contributed by atoms with Crippen LogP contribution in [0.4, 0.5) is 5.13 Å². The maximum absolute atomic E-state index is 12.6. The molecule has 140 valence electrons. The largest absolute Gasteiger partial charge is 0.481 e. The molecule has 1 amide bonds. The highest BCUT2D eigenvalue weighted by Crippen LogP contribution is 2.27. The van der Waals surface area contributed by atoms with Crippen molar-refractivity contribution in [3.05, 3.63) is 58.6 Å². The quantitative estimate of drug-likeness (QED) is 0.611. The molecule has 0 unspecified atom stereocenters. The fraction of sp³-hybridized carbons (Fsp3) is 0.250. The van der Waals surface area contributed by atoms with Crippen LogP contribution in [0.1, 0.15) is 24.5 Å². The Morgan fingerprint density at radius 1 is 1.19 bits per heavy atom. The van der Waals surface area contributed by atoms with Gasteiger partial charge in [0.25, 0.3) is 5.91 Å². The first kappa shape index (κ1) is 19.3. The fourth-order valence-corrected chi connectivity index (χ4v) is 3.32. The molecule has 0 radical (unpaired) electrons. The maximum atomic E-state index is 12.6. The Morgan fingerprint density at radius 2 is 1.93 bits per heavy atom. The summed E-state index contributed by atoms with van der Waals surface area (Å²) in [5.74, 6) is 0.355. The molecule has 1 N–H and O–H groups in total. The number of nitrogens with one attached hydrogen (secondary N) is 1. The minimum absolute atomic E-state index is 0.253. The van der Waals surface area contributed by atoms with E-state index in [4.69, 9.17) is 16.3 Å². The number of amides is 1. The van der Waals surface area contributed by atoms with Crippen LogP contribution in [0.2, 0.25) is 5.02 Å². The zero-order valence-electron chi connectivity index (χ0n) is 15.3. The third-order valence-electron chi connectivity index (χ3n) is 4.02. The summed E-state index contributed by atoms with van der Waals surface area (Å²) in [6.07, 6.45) is -0.103. The molecule has 0 aliphatic heterocycles. The summed E-state index contributed by atoms with van der Waals surface area (Å²) in [5.41, 5.74) is 3.05. The number of carbonyl (C=O) groups is 1. The molecule has 3 rings (SSSR count). The van der Waals surface area contributed by atoms with Crippen molar-refractivity contribution >= 4 is 34.0 Å². The van der Waals surface area contributed by atoms with Gasteiger partial charge in [0.05, 0.1) is 0 Å². The molecule has 1 atom stereocenters. The molecule has 1 heterocycles. The van der Waals surface area contributed by atoms with Crippen molar-refractivity contribution in [2.24, 2.45) is 0 Å². The lowest BCUT2D eigenvalue weighted by Gasteiger charge is -2.16. The number of anilines is 1. The highest BCUT2D eigenvalue weighted by molar-refractivity contribution is 7.18. The zero-order chi connectivity index (χ0) is 19.4. The minimum atomic E-state index is -0.627. The van der Waals surface area contributed by atoms with E-state index in [1.54, 1.807) is 12.1 Å². The number of nitrogens with zero attached hydrogens (tertiary/aromatic N) is 2. The van der Waals surface area contributed by atoms with Gasteiger partial charge in [-0.25, -0.2) is 0 Å². The number of carbonyl (C=O) groups excluding carboxylic acids is 1. The SMILES string of the molecule is CC[C@H](Oc1ccc(Cl)c(C)c1)C(=O)Nc1nnc(-c2ccc(C)cc2)s1. The monoisotopic (exact) mass is 401 g/mol. The Kier molecular flexibility index (Phi) is 6.08. The first-order valence-electron chi connectivity index (χ1n) is 8.60. The molecular weight excluding hydrogens is 382 g/mol. The van der Waals surface area contributed by atoms with Gasteiger partial charge in [-0.2, -0.15) is 0 Å². The number of hydrogen-bond donors (Lipinski definition) is 1. The second-order valence-corrected chi connectivity index (χ2v) is 7.58. The molecule has 7 heteroatoms. The Balaban J connectivity index is 1.67. The highest BCUT2D eigenvalue weighted by Gasteiger charge is 2.20. The summed E-state index contributed by atoms with van der Waals surface area (Å²) < 4.78 is 5.82. The van der Waals surface area contributed by atoms with Crippen molar-refractivity contribution in [2.45, 2.75) is 33.3 Å². The smallest absolute Gasteiger partial charge is 0.267 e. The van der Waals surface area contributed by atoms with E-state index in [-0.39, 0.29) is 5.91 Å². The summed E-state index contributed by atoms with van der Waals surface area (Å²) in [7, 11) is 0. The molecule has 0 spiro atoms. The zero-order valence-corrected chi connectivity index (χ0v) is 16.9. The molecule has 0 fully saturated rings. The number of halogens is 1. The number of hydrogen-bond acceptors (Lipinski definition) is 5. The fourth-order valence-electron chi connectivity index (χ4n) is 2.45. The van der Waals surface area contributed by atoms with E-state index in [1.807, 2.05) is 51.1 Å². The minimum Gasteiger partial charge on any atom is -0.481 e. The van der Waals surface area contributed by atoms with E-state index in [0.29, 0.717) is 22.3 Å². The van der Waals surface area contributed by atoms with Gasteiger partial charge in [-0.05, 0) is 44.0 Å². The number of rotatable bonds is 6. The van der Waals surface area contributed by atoms with Crippen molar-refractivity contribution in [3.63, 3.8) is 0 Å². The molecular formula is C20H20ClN3O2S. The predicted molar refractivity (Wildman–Crippen MR) is 110 cm³/mol. The number of benzene rings is 2. The van der Waals surface area contributed by atoms with Gasteiger partial charge in [-0.3, -0.25) is 10.1 Å². The van der Waals surface area contributed by atoms with Crippen LogP contribution in [0.5, 0.6) is 5.75 Å². The second-order valence-electron chi connectivity index (χ2n) is 6.19. The maximum Gasteiger partial charge on any atom is 0.267 e. The van der Waals surface area contributed by atoms with Crippen LogP contribution in [-0.2, 0) is 4.79 Å². The Labute approximate surface area is 167 Å².